The molecule has 3 aliphatic carbocycles. The summed E-state index contributed by atoms with van der Waals surface area (Å²) in [6.45, 7) is 0. The van der Waals surface area contributed by atoms with Gasteiger partial charge < -0.3 is 10.2 Å². The zero-order chi connectivity index (χ0) is 11.9. The minimum atomic E-state index is -0.741. The maximum Gasteiger partial charge on any atom is 0.0758 e. The molecule has 2 bridgehead atoms. The molecule has 92 valence electrons. The number of pyridine rings is 1. The third-order valence-electron chi connectivity index (χ3n) is 4.47. The van der Waals surface area contributed by atoms with Crippen molar-refractivity contribution in [2.45, 2.75) is 43.8 Å². The highest BCUT2D eigenvalue weighted by Gasteiger charge is 2.50. The fourth-order valence-corrected chi connectivity index (χ4v) is 3.71. The molecule has 0 saturated heterocycles. The van der Waals surface area contributed by atoms with E-state index in [9.17, 15) is 10.2 Å². The molecule has 17 heavy (non-hydrogen) atoms. The predicted octanol–water partition coefficient (Wildman–Crippen LogP) is 1.54. The van der Waals surface area contributed by atoms with Gasteiger partial charge in [-0.25, -0.2) is 0 Å². The minimum absolute atomic E-state index is 0.0366. The van der Waals surface area contributed by atoms with Crippen LogP contribution in [0.25, 0.3) is 0 Å². The summed E-state index contributed by atoms with van der Waals surface area (Å²) in [7, 11) is 0. The minimum Gasteiger partial charge on any atom is -0.393 e. The average molecular weight is 233 g/mol. The lowest BCUT2D eigenvalue weighted by Crippen LogP contribution is -2.55. The summed E-state index contributed by atoms with van der Waals surface area (Å²) in [4.78, 5) is 4.29. The molecule has 3 aliphatic rings. The monoisotopic (exact) mass is 233 g/mol. The van der Waals surface area contributed by atoms with Gasteiger partial charge in [0.25, 0.3) is 0 Å². The van der Waals surface area contributed by atoms with E-state index in [1.807, 2.05) is 18.2 Å². The molecular formula is C14H19NO2. The van der Waals surface area contributed by atoms with Crippen molar-refractivity contribution >= 4 is 0 Å². The molecule has 0 aromatic carbocycles. The Labute approximate surface area is 102 Å². The first kappa shape index (κ1) is 11.2. The van der Waals surface area contributed by atoms with Gasteiger partial charge in [-0.2, -0.15) is 0 Å². The Bertz CT molecular complexity index is 394. The molecular weight excluding hydrogens is 214 g/mol. The van der Waals surface area contributed by atoms with Gasteiger partial charge in [0.1, 0.15) is 0 Å². The van der Waals surface area contributed by atoms with Crippen molar-refractivity contribution in [2.75, 3.05) is 0 Å². The van der Waals surface area contributed by atoms with Crippen LogP contribution in [0.1, 0.15) is 31.4 Å². The second kappa shape index (κ2) is 4.07. The van der Waals surface area contributed by atoms with Gasteiger partial charge in [-0.3, -0.25) is 4.98 Å². The van der Waals surface area contributed by atoms with Crippen LogP contribution in [0.2, 0.25) is 0 Å². The van der Waals surface area contributed by atoms with Crippen LogP contribution < -0.4 is 0 Å². The molecule has 2 N–H and O–H groups in total. The van der Waals surface area contributed by atoms with Gasteiger partial charge in [0.15, 0.2) is 0 Å². The summed E-state index contributed by atoms with van der Waals surface area (Å²) in [6.07, 6.45) is 5.82. The highest BCUT2D eigenvalue weighted by molar-refractivity contribution is 5.11. The molecule has 0 amide bonds. The van der Waals surface area contributed by atoms with Crippen molar-refractivity contribution in [1.82, 2.24) is 4.98 Å². The molecule has 4 atom stereocenters. The molecule has 1 aromatic rings. The lowest BCUT2D eigenvalue weighted by Gasteiger charge is -2.51. The van der Waals surface area contributed by atoms with Crippen molar-refractivity contribution < 1.29 is 10.2 Å². The van der Waals surface area contributed by atoms with Crippen molar-refractivity contribution in [3.8, 4) is 0 Å². The standard InChI is InChI=1S/C14H19NO2/c16-13-7-10-4-5-12(13)14(17,8-10)9-11-3-1-2-6-15-11/h1-3,6,10,12-13,16-17H,4-5,7-9H2/t10-,12+,13-,14-/m0/s1. The molecule has 1 heterocycles. The smallest absolute Gasteiger partial charge is 0.0758 e. The van der Waals surface area contributed by atoms with Crippen LogP contribution in [0.15, 0.2) is 24.4 Å². The maximum atomic E-state index is 10.8. The number of nitrogens with zero attached hydrogens (tertiary/aromatic N) is 1. The lowest BCUT2D eigenvalue weighted by molar-refractivity contribution is -0.150. The van der Waals surface area contributed by atoms with E-state index in [-0.39, 0.29) is 12.0 Å². The Hall–Kier alpha value is -0.930. The van der Waals surface area contributed by atoms with Gasteiger partial charge in [0, 0.05) is 24.2 Å². The van der Waals surface area contributed by atoms with Gasteiger partial charge >= 0.3 is 0 Å². The van der Waals surface area contributed by atoms with Crippen LogP contribution in [0.5, 0.6) is 0 Å². The average Bonchev–Trinajstić information content (AvgIpc) is 2.29. The van der Waals surface area contributed by atoms with E-state index in [2.05, 4.69) is 4.98 Å². The summed E-state index contributed by atoms with van der Waals surface area (Å²) < 4.78 is 0. The van der Waals surface area contributed by atoms with Crippen LogP contribution in [0.3, 0.4) is 0 Å². The van der Waals surface area contributed by atoms with Crippen LogP contribution in [0.4, 0.5) is 0 Å². The molecule has 3 nitrogen and oxygen atoms in total. The fraction of sp³-hybridized carbons (Fsp3) is 0.643. The van der Waals surface area contributed by atoms with Crippen molar-refractivity contribution in [1.29, 1.82) is 0 Å². The number of aliphatic hydroxyl groups is 2. The van der Waals surface area contributed by atoms with E-state index >= 15 is 0 Å². The Morgan fingerprint density at radius 3 is 2.88 bits per heavy atom. The van der Waals surface area contributed by atoms with Gasteiger partial charge in [0.05, 0.1) is 11.7 Å². The number of hydrogen-bond acceptors (Lipinski definition) is 3. The molecule has 3 fully saturated rings. The van der Waals surface area contributed by atoms with E-state index < -0.39 is 5.60 Å². The Balaban J connectivity index is 1.82. The molecule has 0 unspecified atom stereocenters. The first-order valence-electron chi connectivity index (χ1n) is 6.48. The first-order valence-corrected chi connectivity index (χ1v) is 6.48. The van der Waals surface area contributed by atoms with Crippen molar-refractivity contribution in [3.63, 3.8) is 0 Å². The predicted molar refractivity (Wildman–Crippen MR) is 64.3 cm³/mol. The highest BCUT2D eigenvalue weighted by atomic mass is 16.3. The normalized spacial score (nSPS) is 40.5. The van der Waals surface area contributed by atoms with Crippen LogP contribution in [-0.4, -0.2) is 26.9 Å². The molecule has 0 radical (unpaired) electrons. The van der Waals surface area contributed by atoms with E-state index in [4.69, 9.17) is 0 Å². The van der Waals surface area contributed by atoms with Crippen molar-refractivity contribution in [3.05, 3.63) is 30.1 Å². The number of aliphatic hydroxyl groups excluding tert-OH is 1. The lowest BCUT2D eigenvalue weighted by atomic mass is 9.59. The molecule has 3 saturated carbocycles. The van der Waals surface area contributed by atoms with Crippen molar-refractivity contribution in [2.24, 2.45) is 11.8 Å². The summed E-state index contributed by atoms with van der Waals surface area (Å²) in [6, 6.07) is 5.78. The summed E-state index contributed by atoms with van der Waals surface area (Å²) >= 11 is 0. The van der Waals surface area contributed by atoms with E-state index in [1.165, 1.54) is 0 Å². The van der Waals surface area contributed by atoms with Crippen LogP contribution >= 0.6 is 0 Å². The zero-order valence-electron chi connectivity index (χ0n) is 9.92. The second-order valence-electron chi connectivity index (χ2n) is 5.66. The van der Waals surface area contributed by atoms with Crippen LogP contribution in [-0.2, 0) is 6.42 Å². The van der Waals surface area contributed by atoms with Crippen LogP contribution in [0, 0.1) is 11.8 Å². The Morgan fingerprint density at radius 1 is 1.35 bits per heavy atom. The molecule has 0 aliphatic heterocycles. The zero-order valence-corrected chi connectivity index (χ0v) is 9.92. The quantitative estimate of drug-likeness (QED) is 0.814. The number of fused-ring (bicyclic) bond motifs is 3. The first-order chi connectivity index (χ1) is 8.17. The Morgan fingerprint density at radius 2 is 2.24 bits per heavy atom. The summed E-state index contributed by atoms with van der Waals surface area (Å²) in [5.74, 6) is 0.526. The molecule has 3 heteroatoms. The molecule has 0 spiro atoms. The summed E-state index contributed by atoms with van der Waals surface area (Å²) in [5.41, 5.74) is 0.185. The molecule has 4 rings (SSSR count). The van der Waals surface area contributed by atoms with E-state index in [1.54, 1.807) is 6.20 Å². The van der Waals surface area contributed by atoms with Gasteiger partial charge in [-0.05, 0) is 43.7 Å². The Kier molecular flexibility index (Phi) is 2.68. The fourth-order valence-electron chi connectivity index (χ4n) is 3.71. The van der Waals surface area contributed by atoms with Gasteiger partial charge in [0.2, 0.25) is 0 Å². The highest BCUT2D eigenvalue weighted by Crippen LogP contribution is 2.48. The van der Waals surface area contributed by atoms with E-state index in [0.29, 0.717) is 12.3 Å². The third kappa shape index (κ3) is 1.98. The SMILES string of the molecule is O[C@H]1C[C@@H]2CC[C@H]1[C@@](O)(Cc1ccccn1)C2. The third-order valence-corrected chi connectivity index (χ3v) is 4.47. The number of aromatic nitrogens is 1. The molecule has 1 aromatic heterocycles. The van der Waals surface area contributed by atoms with E-state index in [0.717, 1.165) is 31.4 Å². The van der Waals surface area contributed by atoms with Gasteiger partial charge in [-0.1, -0.05) is 6.07 Å². The number of rotatable bonds is 2. The topological polar surface area (TPSA) is 53.4 Å². The summed E-state index contributed by atoms with van der Waals surface area (Å²) in [5, 5.41) is 20.8. The maximum absolute atomic E-state index is 10.8. The second-order valence-corrected chi connectivity index (χ2v) is 5.66. The van der Waals surface area contributed by atoms with Gasteiger partial charge in [-0.15, -0.1) is 0 Å². The number of hydrogen-bond donors (Lipinski definition) is 2. The largest absolute Gasteiger partial charge is 0.393 e.